The third-order valence-corrected chi connectivity index (χ3v) is 11.8. The van der Waals surface area contributed by atoms with Crippen LogP contribution in [0.5, 0.6) is 0 Å². The van der Waals surface area contributed by atoms with E-state index in [1.54, 1.807) is 0 Å². The van der Waals surface area contributed by atoms with Crippen molar-refractivity contribution in [3.63, 3.8) is 0 Å². The van der Waals surface area contributed by atoms with Gasteiger partial charge in [0.1, 0.15) is 0 Å². The summed E-state index contributed by atoms with van der Waals surface area (Å²) in [6, 6.07) is 63.4. The van der Waals surface area contributed by atoms with Crippen LogP contribution >= 0.6 is 11.3 Å². The first-order chi connectivity index (χ1) is 24.3. The highest BCUT2D eigenvalue weighted by Gasteiger charge is 2.19. The van der Waals surface area contributed by atoms with Crippen molar-refractivity contribution in [3.05, 3.63) is 170 Å². The summed E-state index contributed by atoms with van der Waals surface area (Å²) < 4.78 is 2.67. The lowest BCUT2D eigenvalue weighted by Crippen LogP contribution is -1.90. The van der Waals surface area contributed by atoms with Gasteiger partial charge in [-0.3, -0.25) is 0 Å². The fraction of sp³-hybridized carbons (Fsp3) is 0. The van der Waals surface area contributed by atoms with Gasteiger partial charge in [0.2, 0.25) is 0 Å². The third-order valence-electron chi connectivity index (χ3n) is 10.6. The molecule has 226 valence electrons. The second-order valence-corrected chi connectivity index (χ2v) is 14.2. The highest BCUT2D eigenvalue weighted by molar-refractivity contribution is 7.26. The topological polar surface area (TPSA) is 0 Å². The maximum Gasteiger partial charge on any atom is 0.0433 e. The molecule has 49 heavy (non-hydrogen) atoms. The summed E-state index contributed by atoms with van der Waals surface area (Å²) in [7, 11) is 0. The molecule has 11 aromatic rings. The Morgan fingerprint density at radius 2 is 0.755 bits per heavy atom. The van der Waals surface area contributed by atoms with Gasteiger partial charge >= 0.3 is 0 Å². The lowest BCUT2D eigenvalue weighted by molar-refractivity contribution is 1.65. The first kappa shape index (κ1) is 27.0. The SMILES string of the molecule is c1ccc(-c2ccc3c(c2)c2ccccc2c2cccc4c5ccccc5c5cc(-c6cccc7c6sc6ccccc67)cc3c5c24)cc1. The highest BCUT2D eigenvalue weighted by Crippen LogP contribution is 2.47. The van der Waals surface area contributed by atoms with Crippen LogP contribution in [0.15, 0.2) is 170 Å². The zero-order valence-corrected chi connectivity index (χ0v) is 27.4. The molecule has 1 heterocycles. The molecule has 0 unspecified atom stereocenters. The molecule has 1 aromatic heterocycles. The molecule has 0 N–H and O–H groups in total. The van der Waals surface area contributed by atoms with Crippen molar-refractivity contribution in [2.75, 3.05) is 0 Å². The molecule has 11 rings (SSSR count). The van der Waals surface area contributed by atoms with Crippen LogP contribution < -0.4 is 0 Å². The Morgan fingerprint density at radius 3 is 1.47 bits per heavy atom. The number of benzene rings is 9. The van der Waals surface area contributed by atoms with Crippen LogP contribution in [0.25, 0.3) is 107 Å². The smallest absolute Gasteiger partial charge is 0.0433 e. The second-order valence-electron chi connectivity index (χ2n) is 13.2. The summed E-state index contributed by atoms with van der Waals surface area (Å²) in [5.41, 5.74) is 5.01. The fourth-order valence-corrected chi connectivity index (χ4v) is 9.69. The molecular weight excluding hydrogens is 609 g/mol. The number of thiophene rings is 1. The number of fused-ring (bicyclic) bond motifs is 11. The van der Waals surface area contributed by atoms with Gasteiger partial charge in [0.05, 0.1) is 0 Å². The fourth-order valence-electron chi connectivity index (χ4n) is 8.45. The van der Waals surface area contributed by atoms with Crippen LogP contribution in [0.4, 0.5) is 0 Å². The molecule has 0 atom stereocenters. The van der Waals surface area contributed by atoms with Crippen LogP contribution in [-0.2, 0) is 0 Å². The molecule has 0 fully saturated rings. The van der Waals surface area contributed by atoms with Crippen molar-refractivity contribution in [2.24, 2.45) is 0 Å². The molecule has 0 amide bonds. The maximum atomic E-state index is 2.49. The molecule has 0 aliphatic carbocycles. The minimum Gasteiger partial charge on any atom is -0.135 e. The highest BCUT2D eigenvalue weighted by atomic mass is 32.1. The van der Waals surface area contributed by atoms with E-state index in [-0.39, 0.29) is 0 Å². The summed E-state index contributed by atoms with van der Waals surface area (Å²) in [5, 5.41) is 18.2. The molecule has 0 aliphatic rings. The largest absolute Gasteiger partial charge is 0.135 e. The molecule has 0 nitrogen and oxygen atoms in total. The number of rotatable bonds is 2. The van der Waals surface area contributed by atoms with Crippen LogP contribution in [-0.4, -0.2) is 0 Å². The maximum absolute atomic E-state index is 2.49. The molecule has 1 heteroatoms. The zero-order chi connectivity index (χ0) is 32.1. The molecular formula is C48H28S. The Labute approximate surface area is 287 Å². The van der Waals surface area contributed by atoms with Crippen molar-refractivity contribution in [3.8, 4) is 22.3 Å². The van der Waals surface area contributed by atoms with Crippen LogP contribution in [0, 0.1) is 0 Å². The Morgan fingerprint density at radius 1 is 0.265 bits per heavy atom. The Hall–Kier alpha value is -6.02. The lowest BCUT2D eigenvalue weighted by Gasteiger charge is -2.18. The van der Waals surface area contributed by atoms with Gasteiger partial charge in [-0.05, 0) is 111 Å². The average Bonchev–Trinajstić information content (AvgIpc) is 3.56. The van der Waals surface area contributed by atoms with E-state index in [9.17, 15) is 0 Å². The monoisotopic (exact) mass is 636 g/mol. The van der Waals surface area contributed by atoms with Gasteiger partial charge in [-0.2, -0.15) is 0 Å². The van der Waals surface area contributed by atoms with Crippen molar-refractivity contribution in [1.82, 2.24) is 0 Å². The Kier molecular flexibility index (Phi) is 5.64. The van der Waals surface area contributed by atoms with Crippen LogP contribution in [0.3, 0.4) is 0 Å². The number of hydrogen-bond donors (Lipinski definition) is 0. The molecule has 0 radical (unpaired) electrons. The van der Waals surface area contributed by atoms with Gasteiger partial charge in [-0.15, -0.1) is 11.3 Å². The van der Waals surface area contributed by atoms with Crippen molar-refractivity contribution >= 4 is 96.1 Å². The van der Waals surface area contributed by atoms with E-state index >= 15 is 0 Å². The minimum atomic E-state index is 1.23. The third kappa shape index (κ3) is 3.85. The second kappa shape index (κ2) is 10.2. The van der Waals surface area contributed by atoms with Gasteiger partial charge in [0.15, 0.2) is 0 Å². The zero-order valence-electron chi connectivity index (χ0n) is 26.6. The van der Waals surface area contributed by atoms with E-state index in [0.29, 0.717) is 0 Å². The predicted molar refractivity (Wildman–Crippen MR) is 215 cm³/mol. The molecule has 0 bridgehead atoms. The quantitative estimate of drug-likeness (QED) is 0.166. The first-order valence-electron chi connectivity index (χ1n) is 16.9. The van der Waals surface area contributed by atoms with Gasteiger partial charge in [-0.1, -0.05) is 146 Å². The minimum absolute atomic E-state index is 1.23. The first-order valence-corrected chi connectivity index (χ1v) is 17.7. The average molecular weight is 637 g/mol. The van der Waals surface area contributed by atoms with E-state index in [2.05, 4.69) is 170 Å². The summed E-state index contributed by atoms with van der Waals surface area (Å²) in [6.07, 6.45) is 0. The summed E-state index contributed by atoms with van der Waals surface area (Å²) >= 11 is 1.90. The van der Waals surface area contributed by atoms with Crippen molar-refractivity contribution in [2.45, 2.75) is 0 Å². The van der Waals surface area contributed by atoms with Crippen LogP contribution in [0.2, 0.25) is 0 Å². The van der Waals surface area contributed by atoms with E-state index in [4.69, 9.17) is 0 Å². The van der Waals surface area contributed by atoms with Crippen molar-refractivity contribution < 1.29 is 0 Å². The molecule has 0 saturated carbocycles. The molecule has 0 saturated heterocycles. The van der Waals surface area contributed by atoms with Gasteiger partial charge < -0.3 is 0 Å². The van der Waals surface area contributed by atoms with Gasteiger partial charge in [-0.25, -0.2) is 0 Å². The van der Waals surface area contributed by atoms with Gasteiger partial charge in [0, 0.05) is 20.2 Å². The summed E-state index contributed by atoms with van der Waals surface area (Å²) in [4.78, 5) is 0. The molecule has 10 aromatic carbocycles. The molecule has 0 spiro atoms. The molecule has 0 aliphatic heterocycles. The number of hydrogen-bond acceptors (Lipinski definition) is 1. The summed E-state index contributed by atoms with van der Waals surface area (Å²) in [6.45, 7) is 0. The standard InChI is InChI=1S/C48H28S/c1-2-12-29(13-3-1)30-24-25-37-42(26-30)35-16-6-4-14-33(35)39-20-11-21-40-34-15-5-7-17-36(34)43-27-31(28-44(37)47(43)46(39)40)32-19-10-22-41-38-18-8-9-23-45(38)49-48(32)41/h1-28H. The van der Waals surface area contributed by atoms with Crippen molar-refractivity contribution in [1.29, 1.82) is 0 Å². The van der Waals surface area contributed by atoms with E-state index < -0.39 is 0 Å². The Bertz CT molecular complexity index is 3150. The normalized spacial score (nSPS) is 12.1. The summed E-state index contributed by atoms with van der Waals surface area (Å²) in [5.74, 6) is 0. The lowest BCUT2D eigenvalue weighted by atomic mass is 9.85. The predicted octanol–water partition coefficient (Wildman–Crippen LogP) is 14.3. The van der Waals surface area contributed by atoms with Crippen LogP contribution in [0.1, 0.15) is 0 Å². The van der Waals surface area contributed by atoms with E-state index in [1.807, 2.05) is 11.3 Å². The van der Waals surface area contributed by atoms with Gasteiger partial charge in [0.25, 0.3) is 0 Å². The van der Waals surface area contributed by atoms with E-state index in [1.165, 1.54) is 107 Å². The van der Waals surface area contributed by atoms with E-state index in [0.717, 1.165) is 0 Å². The Balaban J connectivity index is 1.41.